The van der Waals surface area contributed by atoms with E-state index in [9.17, 15) is 4.21 Å². The average molecular weight is 158 g/mol. The van der Waals surface area contributed by atoms with Crippen LogP contribution in [0.5, 0.6) is 0 Å². The highest BCUT2D eigenvalue weighted by atomic mass is 32.2. The van der Waals surface area contributed by atoms with E-state index in [2.05, 4.69) is 14.8 Å². The molecule has 1 aliphatic rings. The highest BCUT2D eigenvalue weighted by Gasteiger charge is 2.26. The maximum atomic E-state index is 10.3. The molecule has 10 heavy (non-hydrogen) atoms. The van der Waals surface area contributed by atoms with Crippen LogP contribution in [0.3, 0.4) is 0 Å². The molecule has 52 valence electrons. The Hall–Kier alpha value is -1.17. The normalized spacial score (nSPS) is 18.5. The fraction of sp³-hybridized carbons (Fsp3) is 0. The van der Waals surface area contributed by atoms with Crippen LogP contribution >= 0.6 is 0 Å². The summed E-state index contributed by atoms with van der Waals surface area (Å²) < 4.78 is 18.7. The summed E-state index contributed by atoms with van der Waals surface area (Å²) in [6, 6.07) is 0. The Morgan fingerprint density at radius 2 is 2.50 bits per heavy atom. The van der Waals surface area contributed by atoms with Gasteiger partial charge in [0, 0.05) is 0 Å². The molecule has 1 aliphatic heterocycles. The largest absolute Gasteiger partial charge is 0.497 e. The van der Waals surface area contributed by atoms with E-state index >= 15 is 0 Å². The number of hydrogen-bond donors (Lipinski definition) is 1. The zero-order valence-corrected chi connectivity index (χ0v) is 5.45. The lowest BCUT2D eigenvalue weighted by Gasteiger charge is -1.81. The lowest BCUT2D eigenvalue weighted by atomic mass is 10.7. The van der Waals surface area contributed by atoms with Crippen molar-refractivity contribution in [3.63, 3.8) is 0 Å². The van der Waals surface area contributed by atoms with Gasteiger partial charge in [0.05, 0.1) is 0 Å². The zero-order valence-electron chi connectivity index (χ0n) is 4.63. The summed E-state index contributed by atoms with van der Waals surface area (Å²) in [5, 5.41) is -0.234. The molecule has 0 saturated carbocycles. The Labute approximate surface area is 58.2 Å². The Kier molecular flexibility index (Phi) is 1.81. The smallest absolute Gasteiger partial charge is 0.440 e. The van der Waals surface area contributed by atoms with Crippen molar-refractivity contribution in [3.05, 3.63) is 5.53 Å². The minimum absolute atomic E-state index is 0.221. The fourth-order valence-electron chi connectivity index (χ4n) is 0.441. The second kappa shape index (κ2) is 2.61. The molecule has 0 fully saturated rings. The van der Waals surface area contributed by atoms with Crippen LogP contribution < -0.4 is 0 Å². The summed E-state index contributed by atoms with van der Waals surface area (Å²) in [7, 11) is 0. The minimum atomic E-state index is -2.24. The highest BCUT2D eigenvalue weighted by molar-refractivity contribution is 7.98. The molecule has 0 radical (unpaired) electrons. The van der Waals surface area contributed by atoms with E-state index < -0.39 is 11.1 Å². The Bertz CT molecular complexity index is 287. The molecular formula is C3H2N4O2S. The zero-order chi connectivity index (χ0) is 7.56. The maximum Gasteiger partial charge on any atom is 0.440 e. The van der Waals surface area contributed by atoms with Gasteiger partial charge >= 0.3 is 5.84 Å². The van der Waals surface area contributed by atoms with Crippen molar-refractivity contribution in [2.24, 2.45) is 9.98 Å². The van der Waals surface area contributed by atoms with Gasteiger partial charge in [0.2, 0.25) is 17.4 Å². The van der Waals surface area contributed by atoms with Crippen LogP contribution in [0.25, 0.3) is 5.53 Å². The van der Waals surface area contributed by atoms with Crippen LogP contribution in [0.1, 0.15) is 0 Å². The van der Waals surface area contributed by atoms with Gasteiger partial charge in [-0.1, -0.05) is 0 Å². The number of rotatable bonds is 0. The van der Waals surface area contributed by atoms with E-state index in [1.54, 1.807) is 0 Å². The van der Waals surface area contributed by atoms with E-state index in [1.165, 1.54) is 0 Å². The van der Waals surface area contributed by atoms with E-state index in [4.69, 9.17) is 10.1 Å². The molecule has 0 bridgehead atoms. The van der Waals surface area contributed by atoms with Crippen LogP contribution in [0, 0.1) is 0 Å². The Balaban J connectivity index is 3.04. The first-order valence-electron chi connectivity index (χ1n) is 2.19. The van der Waals surface area contributed by atoms with E-state index in [1.807, 2.05) is 0 Å². The Morgan fingerprint density at radius 3 is 2.90 bits per heavy atom. The third-order valence-electron chi connectivity index (χ3n) is 0.806. The maximum absolute atomic E-state index is 10.3. The molecule has 0 spiro atoms. The van der Waals surface area contributed by atoms with Crippen molar-refractivity contribution in [3.8, 4) is 0 Å². The van der Waals surface area contributed by atoms with E-state index in [0.29, 0.717) is 0 Å². The van der Waals surface area contributed by atoms with Gasteiger partial charge in [-0.2, -0.15) is 4.99 Å². The molecule has 1 rings (SSSR count). The molecule has 0 aromatic carbocycles. The molecule has 0 aromatic rings. The second-order valence-electron chi connectivity index (χ2n) is 1.35. The fourth-order valence-corrected chi connectivity index (χ4v) is 0.828. The summed E-state index contributed by atoms with van der Waals surface area (Å²) in [6.45, 7) is 0. The first-order valence-corrected chi connectivity index (χ1v) is 3.30. The van der Waals surface area contributed by atoms with Crippen LogP contribution in [0.4, 0.5) is 0 Å². The molecule has 1 N–H and O–H groups in total. The van der Waals surface area contributed by atoms with Gasteiger partial charge in [-0.15, -0.1) is 0 Å². The quantitative estimate of drug-likeness (QED) is 0.286. The van der Waals surface area contributed by atoms with Gasteiger partial charge in [0.25, 0.3) is 5.04 Å². The molecule has 1 unspecified atom stereocenters. The Morgan fingerprint density at radius 1 is 1.80 bits per heavy atom. The monoisotopic (exact) mass is 158 g/mol. The first-order chi connectivity index (χ1) is 4.75. The SMILES string of the molecule is [N-]=[N+]=C1N=CN=C1S(=O)O. The van der Waals surface area contributed by atoms with E-state index in [-0.39, 0.29) is 10.9 Å². The summed E-state index contributed by atoms with van der Waals surface area (Å²) in [4.78, 5) is 9.37. The summed E-state index contributed by atoms with van der Waals surface area (Å²) in [6.07, 6.45) is 1.04. The number of aliphatic imine (C=N–C) groups is 2. The first kappa shape index (κ1) is 6.94. The summed E-state index contributed by atoms with van der Waals surface area (Å²) >= 11 is -2.24. The lowest BCUT2D eigenvalue weighted by Crippen LogP contribution is -2.14. The predicted molar refractivity (Wildman–Crippen MR) is 35.3 cm³/mol. The van der Waals surface area contributed by atoms with Crippen molar-refractivity contribution in [1.82, 2.24) is 0 Å². The van der Waals surface area contributed by atoms with Crippen LogP contribution in [0.15, 0.2) is 9.98 Å². The third-order valence-corrected chi connectivity index (χ3v) is 1.43. The molecular weight excluding hydrogens is 156 g/mol. The van der Waals surface area contributed by atoms with Crippen LogP contribution in [-0.4, -0.2) is 30.8 Å². The molecule has 6 nitrogen and oxygen atoms in total. The molecule has 0 saturated heterocycles. The topological polar surface area (TPSA) is 98.4 Å². The van der Waals surface area contributed by atoms with E-state index in [0.717, 1.165) is 6.34 Å². The number of hydrogen-bond acceptors (Lipinski definition) is 2. The van der Waals surface area contributed by atoms with Gasteiger partial charge < -0.3 is 14.9 Å². The molecule has 0 amide bonds. The molecule has 7 heteroatoms. The third kappa shape index (κ3) is 1.06. The lowest BCUT2D eigenvalue weighted by molar-refractivity contribution is -0.00254. The summed E-state index contributed by atoms with van der Waals surface area (Å²) in [5.74, 6) is -0.221. The van der Waals surface area contributed by atoms with Crippen molar-refractivity contribution < 1.29 is 13.6 Å². The van der Waals surface area contributed by atoms with Crippen molar-refractivity contribution in [2.75, 3.05) is 0 Å². The second-order valence-corrected chi connectivity index (χ2v) is 2.24. The molecule has 1 atom stereocenters. The average Bonchev–Trinajstić information content (AvgIpc) is 2.33. The van der Waals surface area contributed by atoms with Gasteiger partial charge in [0.15, 0.2) is 0 Å². The van der Waals surface area contributed by atoms with Gasteiger partial charge in [-0.3, -0.25) is 0 Å². The summed E-state index contributed by atoms with van der Waals surface area (Å²) in [5.41, 5.74) is 8.13. The van der Waals surface area contributed by atoms with Gasteiger partial charge in [0.1, 0.15) is 0 Å². The number of nitrogens with zero attached hydrogens (tertiary/aromatic N) is 4. The standard InChI is InChI=1S/C3H2N4O2S/c4-7-2-3(10(8)9)6-1-5-2/h1H,(H,8,9). The van der Waals surface area contributed by atoms with Crippen molar-refractivity contribution in [2.45, 2.75) is 0 Å². The molecule has 0 aliphatic carbocycles. The van der Waals surface area contributed by atoms with Crippen LogP contribution in [0.2, 0.25) is 0 Å². The number of amidine groups is 1. The molecule has 1 heterocycles. The van der Waals surface area contributed by atoms with Crippen molar-refractivity contribution >= 4 is 28.3 Å². The van der Waals surface area contributed by atoms with Crippen molar-refractivity contribution in [1.29, 1.82) is 0 Å². The van der Waals surface area contributed by atoms with Gasteiger partial charge in [-0.25, -0.2) is 4.21 Å². The van der Waals surface area contributed by atoms with Gasteiger partial charge in [-0.05, 0) is 4.99 Å². The predicted octanol–water partition coefficient (Wildman–Crippen LogP) is -0.723. The highest BCUT2D eigenvalue weighted by Crippen LogP contribution is 1.93. The minimum Gasteiger partial charge on any atom is -0.497 e. The van der Waals surface area contributed by atoms with Crippen LogP contribution in [-0.2, 0) is 11.1 Å². The molecule has 0 aromatic heterocycles.